The van der Waals surface area contributed by atoms with E-state index in [1.165, 1.54) is 4.90 Å². The van der Waals surface area contributed by atoms with E-state index < -0.39 is 17.4 Å². The molecular weight excluding hydrogens is 262 g/mol. The van der Waals surface area contributed by atoms with Crippen molar-refractivity contribution in [2.24, 2.45) is 5.41 Å². The molecule has 3 amide bonds. The number of hydrogen-bond donors (Lipinski definition) is 2. The molecule has 1 heterocycles. The van der Waals surface area contributed by atoms with Crippen LogP contribution in [-0.4, -0.2) is 66.0 Å². The molecule has 2 fully saturated rings. The number of carbonyl (C=O) groups excluding carboxylic acids is 2. The monoisotopic (exact) mass is 283 g/mol. The Bertz CT molecular complexity index is 414. The number of rotatable bonds is 5. The summed E-state index contributed by atoms with van der Waals surface area (Å²) in [7, 11) is 1.55. The van der Waals surface area contributed by atoms with Gasteiger partial charge in [0.25, 0.3) is 0 Å². The fraction of sp³-hybridized carbons (Fsp3) is 0.769. The lowest BCUT2D eigenvalue weighted by atomic mass is 10.1. The SMILES string of the molecule is CN(CC(=O)N1CCCC1)C(=O)NCC1(C(=O)O)CC1. The van der Waals surface area contributed by atoms with Crippen molar-refractivity contribution in [1.82, 2.24) is 15.1 Å². The van der Waals surface area contributed by atoms with Crippen LogP contribution in [0.15, 0.2) is 0 Å². The molecule has 20 heavy (non-hydrogen) atoms. The van der Waals surface area contributed by atoms with E-state index in [9.17, 15) is 14.4 Å². The number of nitrogens with zero attached hydrogens (tertiary/aromatic N) is 2. The highest BCUT2D eigenvalue weighted by molar-refractivity contribution is 5.85. The number of carbonyl (C=O) groups is 3. The van der Waals surface area contributed by atoms with Crippen LogP contribution < -0.4 is 5.32 Å². The molecule has 0 radical (unpaired) electrons. The van der Waals surface area contributed by atoms with E-state index in [1.807, 2.05) is 0 Å². The molecule has 112 valence electrons. The summed E-state index contributed by atoms with van der Waals surface area (Å²) in [5.74, 6) is -0.923. The Morgan fingerprint density at radius 2 is 1.85 bits per heavy atom. The first kappa shape index (κ1) is 14.6. The van der Waals surface area contributed by atoms with Crippen LogP contribution in [0.1, 0.15) is 25.7 Å². The summed E-state index contributed by atoms with van der Waals surface area (Å²) in [5, 5.41) is 11.6. The van der Waals surface area contributed by atoms with Crippen molar-refractivity contribution >= 4 is 17.9 Å². The molecule has 0 aromatic heterocycles. The lowest BCUT2D eigenvalue weighted by molar-refractivity contribution is -0.143. The fourth-order valence-electron chi connectivity index (χ4n) is 2.34. The number of hydrogen-bond acceptors (Lipinski definition) is 3. The van der Waals surface area contributed by atoms with Crippen molar-refractivity contribution in [2.75, 3.05) is 33.2 Å². The molecule has 0 bridgehead atoms. The molecule has 0 unspecified atom stereocenters. The Balaban J connectivity index is 1.74. The van der Waals surface area contributed by atoms with Gasteiger partial charge >= 0.3 is 12.0 Å². The second-order valence-electron chi connectivity index (χ2n) is 5.69. The maximum atomic E-state index is 11.9. The second-order valence-corrected chi connectivity index (χ2v) is 5.69. The van der Waals surface area contributed by atoms with Crippen LogP contribution in [0, 0.1) is 5.41 Å². The van der Waals surface area contributed by atoms with Crippen LogP contribution in [0.5, 0.6) is 0 Å². The second kappa shape index (κ2) is 5.68. The molecule has 0 atom stereocenters. The van der Waals surface area contributed by atoms with Crippen molar-refractivity contribution in [3.05, 3.63) is 0 Å². The number of likely N-dealkylation sites (N-methyl/N-ethyl adjacent to an activating group) is 1. The van der Waals surface area contributed by atoms with Gasteiger partial charge in [0.1, 0.15) is 6.54 Å². The highest BCUT2D eigenvalue weighted by atomic mass is 16.4. The maximum absolute atomic E-state index is 11.9. The first-order valence-corrected chi connectivity index (χ1v) is 6.95. The van der Waals surface area contributed by atoms with Crippen molar-refractivity contribution in [2.45, 2.75) is 25.7 Å². The standard InChI is InChI=1S/C13H21N3O4/c1-15(8-10(17)16-6-2-3-7-16)12(20)14-9-13(4-5-13)11(18)19/h2-9H2,1H3,(H,14,20)(H,18,19). The van der Waals surface area contributed by atoms with E-state index in [0.29, 0.717) is 12.8 Å². The number of nitrogens with one attached hydrogen (secondary N) is 1. The molecule has 1 aliphatic heterocycles. The van der Waals surface area contributed by atoms with Crippen LogP contribution >= 0.6 is 0 Å². The van der Waals surface area contributed by atoms with Crippen LogP contribution in [0.2, 0.25) is 0 Å². The third-order valence-corrected chi connectivity index (χ3v) is 4.06. The largest absolute Gasteiger partial charge is 0.481 e. The molecule has 2 N–H and O–H groups in total. The third-order valence-electron chi connectivity index (χ3n) is 4.06. The van der Waals surface area contributed by atoms with E-state index in [4.69, 9.17) is 5.11 Å². The van der Waals surface area contributed by atoms with Gasteiger partial charge in [-0.25, -0.2) is 4.79 Å². The van der Waals surface area contributed by atoms with Crippen LogP contribution in [-0.2, 0) is 9.59 Å². The zero-order valence-electron chi connectivity index (χ0n) is 11.7. The Kier molecular flexibility index (Phi) is 4.15. The zero-order valence-corrected chi connectivity index (χ0v) is 11.7. The summed E-state index contributed by atoms with van der Waals surface area (Å²) < 4.78 is 0. The predicted octanol–water partition coefficient (Wildman–Crippen LogP) is 0.115. The van der Waals surface area contributed by atoms with Gasteiger partial charge in [-0.1, -0.05) is 0 Å². The van der Waals surface area contributed by atoms with Crippen LogP contribution in [0.3, 0.4) is 0 Å². The number of carboxylic acids is 1. The van der Waals surface area contributed by atoms with E-state index in [-0.39, 0.29) is 19.0 Å². The molecule has 1 saturated carbocycles. The van der Waals surface area contributed by atoms with Gasteiger partial charge < -0.3 is 20.2 Å². The Morgan fingerprint density at radius 3 is 2.35 bits per heavy atom. The minimum Gasteiger partial charge on any atom is -0.481 e. The topological polar surface area (TPSA) is 90.0 Å². The average Bonchev–Trinajstić information content (AvgIpc) is 3.00. The van der Waals surface area contributed by atoms with E-state index in [2.05, 4.69) is 5.32 Å². The minimum atomic E-state index is -0.867. The van der Waals surface area contributed by atoms with Gasteiger partial charge in [-0.15, -0.1) is 0 Å². The van der Waals surface area contributed by atoms with Crippen molar-refractivity contribution < 1.29 is 19.5 Å². The molecule has 0 aromatic carbocycles. The molecule has 2 rings (SSSR count). The van der Waals surface area contributed by atoms with E-state index in [0.717, 1.165) is 25.9 Å². The summed E-state index contributed by atoms with van der Waals surface area (Å²) in [4.78, 5) is 37.8. The Labute approximate surface area is 117 Å². The molecular formula is C13H21N3O4. The fourth-order valence-corrected chi connectivity index (χ4v) is 2.34. The van der Waals surface area contributed by atoms with Gasteiger partial charge in [-0.05, 0) is 25.7 Å². The summed E-state index contributed by atoms with van der Waals surface area (Å²) in [6, 6.07) is -0.398. The average molecular weight is 283 g/mol. The Hall–Kier alpha value is -1.79. The smallest absolute Gasteiger partial charge is 0.317 e. The first-order chi connectivity index (χ1) is 9.44. The lowest BCUT2D eigenvalue weighted by Gasteiger charge is -2.22. The van der Waals surface area contributed by atoms with E-state index in [1.54, 1.807) is 11.9 Å². The summed E-state index contributed by atoms with van der Waals surface area (Å²) in [6.07, 6.45) is 3.23. The highest BCUT2D eigenvalue weighted by Gasteiger charge is 2.50. The quantitative estimate of drug-likeness (QED) is 0.749. The van der Waals surface area contributed by atoms with Crippen molar-refractivity contribution in [3.8, 4) is 0 Å². The van der Waals surface area contributed by atoms with E-state index >= 15 is 0 Å². The van der Waals surface area contributed by atoms with Crippen molar-refractivity contribution in [1.29, 1.82) is 0 Å². The zero-order chi connectivity index (χ0) is 14.8. The van der Waals surface area contributed by atoms with Gasteiger partial charge in [0.15, 0.2) is 0 Å². The highest BCUT2D eigenvalue weighted by Crippen LogP contribution is 2.45. The number of carboxylic acid groups (broad SMARTS) is 1. The minimum absolute atomic E-state index is 0.0336. The molecule has 2 aliphatic rings. The number of amides is 3. The van der Waals surface area contributed by atoms with Gasteiger partial charge in [0.05, 0.1) is 5.41 Å². The summed E-state index contributed by atoms with van der Waals surface area (Å²) in [6.45, 7) is 1.68. The molecule has 7 nitrogen and oxygen atoms in total. The molecule has 1 saturated heterocycles. The number of urea groups is 1. The van der Waals surface area contributed by atoms with Gasteiger partial charge in [0, 0.05) is 26.7 Å². The van der Waals surface area contributed by atoms with Gasteiger partial charge in [-0.3, -0.25) is 9.59 Å². The normalized spacial score (nSPS) is 19.6. The van der Waals surface area contributed by atoms with Gasteiger partial charge in [-0.2, -0.15) is 0 Å². The lowest BCUT2D eigenvalue weighted by Crippen LogP contribution is -2.46. The molecule has 0 spiro atoms. The Morgan fingerprint density at radius 1 is 1.25 bits per heavy atom. The third kappa shape index (κ3) is 3.20. The first-order valence-electron chi connectivity index (χ1n) is 6.95. The summed E-state index contributed by atoms with van der Waals surface area (Å²) in [5.41, 5.74) is -0.782. The molecule has 0 aromatic rings. The molecule has 1 aliphatic carbocycles. The van der Waals surface area contributed by atoms with Gasteiger partial charge in [0.2, 0.25) is 5.91 Å². The molecule has 7 heteroatoms. The van der Waals surface area contributed by atoms with Crippen molar-refractivity contribution in [3.63, 3.8) is 0 Å². The van der Waals surface area contributed by atoms with Crippen LogP contribution in [0.4, 0.5) is 4.79 Å². The number of likely N-dealkylation sites (tertiary alicyclic amines) is 1. The van der Waals surface area contributed by atoms with Crippen LogP contribution in [0.25, 0.3) is 0 Å². The summed E-state index contributed by atoms with van der Waals surface area (Å²) >= 11 is 0. The maximum Gasteiger partial charge on any atom is 0.317 e. The number of aliphatic carboxylic acids is 1. The predicted molar refractivity (Wildman–Crippen MR) is 71.1 cm³/mol.